The van der Waals surface area contributed by atoms with E-state index in [1.807, 2.05) is 0 Å². The molecule has 1 aliphatic heterocycles. The number of halogens is 3. The van der Waals surface area contributed by atoms with Gasteiger partial charge in [-0.15, -0.1) is 0 Å². The van der Waals surface area contributed by atoms with E-state index in [0.29, 0.717) is 5.56 Å². The maximum absolute atomic E-state index is 13.3. The van der Waals surface area contributed by atoms with E-state index in [1.165, 1.54) is 18.2 Å². The van der Waals surface area contributed by atoms with Crippen LogP contribution in [0.15, 0.2) is 47.4 Å². The molecule has 2 aromatic carbocycles. The van der Waals surface area contributed by atoms with Gasteiger partial charge in [0.2, 0.25) is 0 Å². The molecule has 3 atom stereocenters. The van der Waals surface area contributed by atoms with Gasteiger partial charge in [0.25, 0.3) is 0 Å². The van der Waals surface area contributed by atoms with Crippen LogP contribution in [-0.2, 0) is 16.0 Å². The number of amides is 1. The number of phenols is 1. The highest BCUT2D eigenvalue weighted by molar-refractivity contribution is 7.92. The number of aromatic hydroxyl groups is 1. The summed E-state index contributed by atoms with van der Waals surface area (Å²) in [7, 11) is -4.08. The SMILES string of the molecule is Cc1ccc(S(=O)(=O)[C@@H]2CNC[C@@H]2[C@@H](NC(=O)O)c2ccc(C(F)(F)F)cc2)c(O)c1. The fourth-order valence-corrected chi connectivity index (χ4v) is 5.81. The molecule has 0 bridgehead atoms. The van der Waals surface area contributed by atoms with E-state index in [1.54, 1.807) is 6.92 Å². The van der Waals surface area contributed by atoms with Gasteiger partial charge in [0.1, 0.15) is 10.6 Å². The smallest absolute Gasteiger partial charge is 0.416 e. The van der Waals surface area contributed by atoms with Crippen molar-refractivity contribution in [2.45, 2.75) is 29.3 Å². The second-order valence-electron chi connectivity index (χ2n) is 7.42. The van der Waals surface area contributed by atoms with Gasteiger partial charge in [-0.05, 0) is 42.3 Å². The van der Waals surface area contributed by atoms with Crippen molar-refractivity contribution in [3.8, 4) is 5.75 Å². The van der Waals surface area contributed by atoms with Crippen molar-refractivity contribution in [1.29, 1.82) is 0 Å². The van der Waals surface area contributed by atoms with E-state index < -0.39 is 50.6 Å². The standard InChI is InChI=1S/C20H21F3N2O5S/c1-11-2-7-16(15(26)8-11)31(29,30)17-10-24-9-14(17)18(25-19(27)28)12-3-5-13(6-4-12)20(21,22)23/h2-8,14,17-18,24-26H,9-10H2,1H3,(H,27,28)/t14-,17+,18-/m0/s1. The van der Waals surface area contributed by atoms with Gasteiger partial charge in [-0.2, -0.15) is 13.2 Å². The lowest BCUT2D eigenvalue weighted by Gasteiger charge is -2.28. The van der Waals surface area contributed by atoms with Gasteiger partial charge in [-0.3, -0.25) is 0 Å². The predicted octanol–water partition coefficient (Wildman–Crippen LogP) is 3.09. The fraction of sp³-hybridized carbons (Fsp3) is 0.350. The van der Waals surface area contributed by atoms with Gasteiger partial charge >= 0.3 is 12.3 Å². The van der Waals surface area contributed by atoms with Crippen molar-refractivity contribution in [3.05, 3.63) is 59.2 Å². The Bertz CT molecular complexity index is 1070. The molecule has 168 valence electrons. The number of alkyl halides is 3. The Balaban J connectivity index is 2.00. The molecule has 0 unspecified atom stereocenters. The summed E-state index contributed by atoms with van der Waals surface area (Å²) in [6.45, 7) is 1.80. The number of phenolic OH excluding ortho intramolecular Hbond substituents is 1. The molecule has 0 saturated carbocycles. The molecule has 11 heteroatoms. The average molecular weight is 458 g/mol. The van der Waals surface area contributed by atoms with Gasteiger partial charge in [-0.1, -0.05) is 18.2 Å². The van der Waals surface area contributed by atoms with Gasteiger partial charge in [-0.25, -0.2) is 13.2 Å². The lowest BCUT2D eigenvalue weighted by Crippen LogP contribution is -2.40. The number of nitrogens with one attached hydrogen (secondary N) is 2. The third kappa shape index (κ3) is 4.77. The Morgan fingerprint density at radius 2 is 1.81 bits per heavy atom. The number of rotatable bonds is 5. The van der Waals surface area contributed by atoms with Crippen molar-refractivity contribution in [2.75, 3.05) is 13.1 Å². The average Bonchev–Trinajstić information content (AvgIpc) is 3.15. The van der Waals surface area contributed by atoms with Crippen LogP contribution in [0.25, 0.3) is 0 Å². The second-order valence-corrected chi connectivity index (χ2v) is 9.56. The fourth-order valence-electron chi connectivity index (χ4n) is 3.83. The van der Waals surface area contributed by atoms with Crippen LogP contribution in [0.2, 0.25) is 0 Å². The van der Waals surface area contributed by atoms with E-state index in [4.69, 9.17) is 0 Å². The number of benzene rings is 2. The van der Waals surface area contributed by atoms with Crippen LogP contribution in [0.5, 0.6) is 5.75 Å². The first-order valence-corrected chi connectivity index (χ1v) is 10.9. The summed E-state index contributed by atoms with van der Waals surface area (Å²) in [5, 5.41) is 23.5. The number of hydrogen-bond acceptors (Lipinski definition) is 5. The number of carbonyl (C=O) groups is 1. The molecule has 2 aromatic rings. The molecule has 1 amide bonds. The number of aryl methyl sites for hydroxylation is 1. The largest absolute Gasteiger partial charge is 0.507 e. The Morgan fingerprint density at radius 1 is 1.16 bits per heavy atom. The minimum absolute atomic E-state index is 0.00124. The van der Waals surface area contributed by atoms with E-state index in [-0.39, 0.29) is 23.5 Å². The highest BCUT2D eigenvalue weighted by atomic mass is 32.2. The molecule has 0 radical (unpaired) electrons. The maximum atomic E-state index is 13.3. The van der Waals surface area contributed by atoms with E-state index >= 15 is 0 Å². The van der Waals surface area contributed by atoms with Crippen LogP contribution in [0.1, 0.15) is 22.7 Å². The minimum atomic E-state index is -4.56. The summed E-state index contributed by atoms with van der Waals surface area (Å²) < 4.78 is 65.2. The molecular formula is C20H21F3N2O5S. The zero-order valence-corrected chi connectivity index (χ0v) is 17.2. The van der Waals surface area contributed by atoms with Crippen LogP contribution in [-0.4, -0.2) is 43.1 Å². The normalized spacial score (nSPS) is 20.4. The van der Waals surface area contributed by atoms with Crippen molar-refractivity contribution in [1.82, 2.24) is 10.6 Å². The molecule has 1 saturated heterocycles. The molecule has 1 fully saturated rings. The summed E-state index contributed by atoms with van der Waals surface area (Å²) in [5.74, 6) is -1.23. The predicted molar refractivity (Wildman–Crippen MR) is 106 cm³/mol. The Morgan fingerprint density at radius 3 is 2.35 bits per heavy atom. The minimum Gasteiger partial charge on any atom is -0.507 e. The van der Waals surface area contributed by atoms with Crippen LogP contribution < -0.4 is 10.6 Å². The summed E-state index contributed by atoms with van der Waals surface area (Å²) in [6, 6.07) is 6.96. The lowest BCUT2D eigenvalue weighted by molar-refractivity contribution is -0.137. The third-order valence-corrected chi connectivity index (χ3v) is 7.60. The van der Waals surface area contributed by atoms with Crippen LogP contribution in [0.3, 0.4) is 0 Å². The van der Waals surface area contributed by atoms with Crippen molar-refractivity contribution in [3.63, 3.8) is 0 Å². The Hall–Kier alpha value is -2.79. The number of carboxylic acid groups (broad SMARTS) is 1. The molecule has 31 heavy (non-hydrogen) atoms. The maximum Gasteiger partial charge on any atom is 0.416 e. The zero-order chi connectivity index (χ0) is 23.0. The highest BCUT2D eigenvalue weighted by Gasteiger charge is 2.44. The van der Waals surface area contributed by atoms with Gasteiger partial charge in [0, 0.05) is 19.0 Å². The first-order valence-electron chi connectivity index (χ1n) is 9.32. The first kappa shape index (κ1) is 22.9. The zero-order valence-electron chi connectivity index (χ0n) is 16.3. The molecule has 7 nitrogen and oxygen atoms in total. The van der Waals surface area contributed by atoms with E-state index in [2.05, 4.69) is 10.6 Å². The lowest BCUT2D eigenvalue weighted by atomic mass is 9.91. The molecule has 0 aromatic heterocycles. The number of sulfone groups is 1. The summed E-state index contributed by atoms with van der Waals surface area (Å²) in [6.07, 6.45) is -6.00. The molecule has 1 aliphatic rings. The molecule has 0 aliphatic carbocycles. The first-order chi connectivity index (χ1) is 14.4. The molecule has 1 heterocycles. The Labute approximate surface area is 176 Å². The quantitative estimate of drug-likeness (QED) is 0.547. The van der Waals surface area contributed by atoms with Gasteiger partial charge < -0.3 is 20.8 Å². The number of hydrogen-bond donors (Lipinski definition) is 4. The Kier molecular flexibility index (Phi) is 6.19. The van der Waals surface area contributed by atoms with Crippen molar-refractivity contribution < 1.29 is 36.6 Å². The van der Waals surface area contributed by atoms with Crippen LogP contribution in [0, 0.1) is 12.8 Å². The molecular weight excluding hydrogens is 437 g/mol. The summed E-state index contributed by atoms with van der Waals surface area (Å²) in [5.41, 5.74) is -0.0335. The highest BCUT2D eigenvalue weighted by Crippen LogP contribution is 2.37. The second kappa shape index (κ2) is 8.39. The summed E-state index contributed by atoms with van der Waals surface area (Å²) in [4.78, 5) is 11.1. The van der Waals surface area contributed by atoms with Crippen LogP contribution >= 0.6 is 0 Å². The van der Waals surface area contributed by atoms with E-state index in [0.717, 1.165) is 24.3 Å². The molecule has 0 spiro atoms. The van der Waals surface area contributed by atoms with E-state index in [9.17, 15) is 36.6 Å². The monoisotopic (exact) mass is 458 g/mol. The third-order valence-electron chi connectivity index (χ3n) is 5.33. The molecule has 4 N–H and O–H groups in total. The van der Waals surface area contributed by atoms with Gasteiger partial charge in [0.15, 0.2) is 9.84 Å². The van der Waals surface area contributed by atoms with Gasteiger partial charge in [0.05, 0.1) is 16.9 Å². The van der Waals surface area contributed by atoms with Crippen molar-refractivity contribution >= 4 is 15.9 Å². The van der Waals surface area contributed by atoms with Crippen molar-refractivity contribution in [2.24, 2.45) is 5.92 Å². The van der Waals surface area contributed by atoms with Crippen LogP contribution in [0.4, 0.5) is 18.0 Å². The molecule has 3 rings (SSSR count). The summed E-state index contributed by atoms with van der Waals surface area (Å²) >= 11 is 0. The topological polar surface area (TPSA) is 116 Å².